The Kier molecular flexibility index (Phi) is 57.3. The van der Waals surface area contributed by atoms with Crippen molar-refractivity contribution < 1.29 is 28.6 Å². The molecule has 0 fully saturated rings. The zero-order chi connectivity index (χ0) is 52.2. The number of esters is 3. The van der Waals surface area contributed by atoms with E-state index in [9.17, 15) is 14.4 Å². The Morgan fingerprint density at radius 2 is 0.542 bits per heavy atom. The van der Waals surface area contributed by atoms with Gasteiger partial charge >= 0.3 is 17.9 Å². The van der Waals surface area contributed by atoms with Gasteiger partial charge in [-0.3, -0.25) is 14.4 Å². The summed E-state index contributed by atoms with van der Waals surface area (Å²) >= 11 is 0. The Labute approximate surface area is 445 Å². The molecular formula is C66H114O6. The third-order valence-electron chi connectivity index (χ3n) is 13.1. The number of rotatable bonds is 55. The average molecular weight is 1000 g/mol. The molecule has 414 valence electrons. The summed E-state index contributed by atoms with van der Waals surface area (Å²) in [5, 5.41) is 0. The van der Waals surface area contributed by atoms with E-state index in [0.29, 0.717) is 19.3 Å². The number of allylic oxidation sites excluding steroid dienone is 14. The van der Waals surface area contributed by atoms with Crippen LogP contribution in [0, 0.1) is 0 Å². The van der Waals surface area contributed by atoms with Crippen molar-refractivity contribution in [1.82, 2.24) is 0 Å². The van der Waals surface area contributed by atoms with Crippen LogP contribution in [-0.4, -0.2) is 37.2 Å². The Morgan fingerprint density at radius 3 is 0.847 bits per heavy atom. The minimum atomic E-state index is -0.797. The van der Waals surface area contributed by atoms with Gasteiger partial charge in [-0.25, -0.2) is 0 Å². The van der Waals surface area contributed by atoms with Crippen molar-refractivity contribution in [3.8, 4) is 0 Å². The summed E-state index contributed by atoms with van der Waals surface area (Å²) < 4.78 is 16.9. The highest BCUT2D eigenvalue weighted by atomic mass is 16.6. The van der Waals surface area contributed by atoms with Crippen LogP contribution in [0.1, 0.15) is 297 Å². The van der Waals surface area contributed by atoms with Gasteiger partial charge in [0.25, 0.3) is 0 Å². The fourth-order valence-corrected chi connectivity index (χ4v) is 8.63. The molecule has 0 aromatic heterocycles. The molecule has 0 aromatic rings. The molecule has 0 aliphatic rings. The first-order chi connectivity index (χ1) is 35.5. The molecule has 0 saturated heterocycles. The van der Waals surface area contributed by atoms with Gasteiger partial charge in [0.15, 0.2) is 6.10 Å². The lowest BCUT2D eigenvalue weighted by molar-refractivity contribution is -0.167. The number of unbranched alkanes of at least 4 members (excludes halogenated alkanes) is 30. The minimum Gasteiger partial charge on any atom is -0.462 e. The van der Waals surface area contributed by atoms with Gasteiger partial charge in [0.05, 0.1) is 0 Å². The fourth-order valence-electron chi connectivity index (χ4n) is 8.63. The number of ether oxygens (including phenoxy) is 3. The predicted octanol–water partition coefficient (Wildman–Crippen LogP) is 20.7. The van der Waals surface area contributed by atoms with Gasteiger partial charge in [-0.05, 0) is 89.9 Å². The summed E-state index contributed by atoms with van der Waals surface area (Å²) in [6, 6.07) is 0. The van der Waals surface area contributed by atoms with Gasteiger partial charge < -0.3 is 14.2 Å². The van der Waals surface area contributed by atoms with Crippen LogP contribution in [0.5, 0.6) is 0 Å². The highest BCUT2D eigenvalue weighted by Crippen LogP contribution is 2.17. The second-order valence-electron chi connectivity index (χ2n) is 20.2. The summed E-state index contributed by atoms with van der Waals surface area (Å²) in [7, 11) is 0. The Morgan fingerprint density at radius 1 is 0.292 bits per heavy atom. The smallest absolute Gasteiger partial charge is 0.306 e. The van der Waals surface area contributed by atoms with E-state index >= 15 is 0 Å². The van der Waals surface area contributed by atoms with Gasteiger partial charge in [0.2, 0.25) is 0 Å². The van der Waals surface area contributed by atoms with Crippen molar-refractivity contribution in [2.75, 3.05) is 13.2 Å². The first kappa shape index (κ1) is 68.6. The topological polar surface area (TPSA) is 78.9 Å². The minimum absolute atomic E-state index is 0.0902. The van der Waals surface area contributed by atoms with Crippen molar-refractivity contribution in [1.29, 1.82) is 0 Å². The molecule has 0 aliphatic heterocycles. The summed E-state index contributed by atoms with van der Waals surface area (Å²) in [6.07, 6.45) is 78.7. The quantitative estimate of drug-likeness (QED) is 0.0261. The normalized spacial score (nSPS) is 12.7. The van der Waals surface area contributed by atoms with Crippen LogP contribution in [0.25, 0.3) is 0 Å². The molecule has 0 rings (SSSR count). The fraction of sp³-hybridized carbons (Fsp3) is 0.742. The third kappa shape index (κ3) is 57.5. The van der Waals surface area contributed by atoms with Crippen molar-refractivity contribution in [3.63, 3.8) is 0 Å². The van der Waals surface area contributed by atoms with E-state index < -0.39 is 6.10 Å². The van der Waals surface area contributed by atoms with Crippen LogP contribution in [0.2, 0.25) is 0 Å². The molecule has 72 heavy (non-hydrogen) atoms. The Hall–Kier alpha value is -3.41. The lowest BCUT2D eigenvalue weighted by Crippen LogP contribution is -2.30. The van der Waals surface area contributed by atoms with E-state index in [1.807, 2.05) is 0 Å². The maximum Gasteiger partial charge on any atom is 0.306 e. The molecule has 6 heteroatoms. The van der Waals surface area contributed by atoms with E-state index in [0.717, 1.165) is 135 Å². The highest BCUT2D eigenvalue weighted by Gasteiger charge is 2.19. The summed E-state index contributed by atoms with van der Waals surface area (Å²) in [6.45, 7) is 6.41. The van der Waals surface area contributed by atoms with Gasteiger partial charge in [0.1, 0.15) is 13.2 Å². The van der Waals surface area contributed by atoms with Crippen molar-refractivity contribution >= 4 is 17.9 Å². The zero-order valence-electron chi connectivity index (χ0n) is 47.4. The number of hydrogen-bond donors (Lipinski definition) is 0. The van der Waals surface area contributed by atoms with Crippen LogP contribution >= 0.6 is 0 Å². The van der Waals surface area contributed by atoms with Gasteiger partial charge in [-0.1, -0.05) is 273 Å². The number of hydrogen-bond acceptors (Lipinski definition) is 6. The Bertz CT molecular complexity index is 1380. The van der Waals surface area contributed by atoms with Crippen LogP contribution in [0.15, 0.2) is 85.1 Å². The Balaban J connectivity index is 4.37. The molecule has 0 N–H and O–H groups in total. The largest absolute Gasteiger partial charge is 0.462 e. The molecule has 0 heterocycles. The standard InChI is InChI=1S/C66H114O6/c1-4-7-10-13-16-19-22-25-28-30-31-32-33-34-36-38-41-44-47-50-53-56-59-65(68)71-62-63(61-70-64(67)58-55-52-49-46-43-40-37-27-24-21-18-15-12-9-6-3)72-66(69)60-57-54-51-48-45-42-39-35-29-26-23-20-17-14-11-8-5-2/h8-9,11-12,17-18,20-21,26-27,29,37,39,42,63H,4-7,10,13-16,19,22-25,28,30-36,38,40-41,43-62H2,1-3H3/b11-8-,12-9-,20-17-,21-18-,29-26-,37-27-,42-39-. The number of carbonyl (C=O) groups excluding carboxylic acids is 3. The summed E-state index contributed by atoms with van der Waals surface area (Å²) in [5.41, 5.74) is 0. The van der Waals surface area contributed by atoms with Gasteiger partial charge in [0, 0.05) is 19.3 Å². The average Bonchev–Trinajstić information content (AvgIpc) is 3.38. The van der Waals surface area contributed by atoms with Crippen LogP contribution in [-0.2, 0) is 28.6 Å². The second kappa shape index (κ2) is 60.1. The molecular weight excluding hydrogens is 889 g/mol. The molecule has 0 saturated carbocycles. The lowest BCUT2D eigenvalue weighted by Gasteiger charge is -2.18. The highest BCUT2D eigenvalue weighted by molar-refractivity contribution is 5.71. The van der Waals surface area contributed by atoms with E-state index in [2.05, 4.69) is 106 Å². The van der Waals surface area contributed by atoms with Crippen LogP contribution < -0.4 is 0 Å². The first-order valence-corrected chi connectivity index (χ1v) is 30.6. The molecule has 1 atom stereocenters. The summed E-state index contributed by atoms with van der Waals surface area (Å²) in [5.74, 6) is -0.921. The van der Waals surface area contributed by atoms with Crippen LogP contribution in [0.4, 0.5) is 0 Å². The first-order valence-electron chi connectivity index (χ1n) is 30.6. The van der Waals surface area contributed by atoms with E-state index in [4.69, 9.17) is 14.2 Å². The lowest BCUT2D eigenvalue weighted by atomic mass is 10.0. The van der Waals surface area contributed by atoms with Crippen molar-refractivity contribution in [2.24, 2.45) is 0 Å². The van der Waals surface area contributed by atoms with Crippen molar-refractivity contribution in [3.05, 3.63) is 85.1 Å². The third-order valence-corrected chi connectivity index (χ3v) is 13.1. The van der Waals surface area contributed by atoms with E-state index in [1.165, 1.54) is 122 Å². The maximum atomic E-state index is 12.9. The van der Waals surface area contributed by atoms with Crippen LogP contribution in [0.3, 0.4) is 0 Å². The van der Waals surface area contributed by atoms with Gasteiger partial charge in [-0.15, -0.1) is 0 Å². The molecule has 0 aromatic carbocycles. The second-order valence-corrected chi connectivity index (χ2v) is 20.2. The molecule has 0 spiro atoms. The molecule has 0 radical (unpaired) electrons. The molecule has 1 unspecified atom stereocenters. The molecule has 0 bridgehead atoms. The summed E-state index contributed by atoms with van der Waals surface area (Å²) in [4.78, 5) is 38.2. The monoisotopic (exact) mass is 1000 g/mol. The number of carbonyl (C=O) groups is 3. The van der Waals surface area contributed by atoms with Crippen molar-refractivity contribution in [2.45, 2.75) is 303 Å². The zero-order valence-corrected chi connectivity index (χ0v) is 47.4. The molecule has 0 amide bonds. The maximum absolute atomic E-state index is 12.9. The van der Waals surface area contributed by atoms with E-state index in [-0.39, 0.29) is 31.1 Å². The van der Waals surface area contributed by atoms with E-state index in [1.54, 1.807) is 0 Å². The molecule has 0 aliphatic carbocycles. The predicted molar refractivity (Wildman–Crippen MR) is 311 cm³/mol. The molecule has 6 nitrogen and oxygen atoms in total. The van der Waals surface area contributed by atoms with Gasteiger partial charge in [-0.2, -0.15) is 0 Å². The SMILES string of the molecule is CC/C=C\C/C=C\C/C=C\C/C=C\CCCCCCC(=O)OC(COC(=O)CCCCCCC/C=C\C/C=C\C/C=C\CC)COC(=O)CCCCCCCCCCCCCCCCCCCCCCCC.